The van der Waals surface area contributed by atoms with Crippen molar-refractivity contribution in [3.63, 3.8) is 0 Å². The molecule has 2 unspecified atom stereocenters. The Kier molecular flexibility index (Phi) is 3.88. The van der Waals surface area contributed by atoms with E-state index in [4.69, 9.17) is 9.15 Å². The summed E-state index contributed by atoms with van der Waals surface area (Å²) in [5, 5.41) is 0.960. The van der Waals surface area contributed by atoms with E-state index in [1.165, 1.54) is 12.8 Å². The van der Waals surface area contributed by atoms with E-state index in [0.29, 0.717) is 11.7 Å². The summed E-state index contributed by atoms with van der Waals surface area (Å²) in [5.74, 6) is 1.03. The molecule has 1 aromatic heterocycles. The third-order valence-corrected chi connectivity index (χ3v) is 4.04. The molecule has 1 saturated carbocycles. The van der Waals surface area contributed by atoms with Gasteiger partial charge in [-0.05, 0) is 30.9 Å². The summed E-state index contributed by atoms with van der Waals surface area (Å²) in [7, 11) is 0. The minimum Gasteiger partial charge on any atom is -0.453 e. The fourth-order valence-electron chi connectivity index (χ4n) is 2.91. The summed E-state index contributed by atoms with van der Waals surface area (Å²) in [5.41, 5.74) is 0.752. The van der Waals surface area contributed by atoms with Crippen molar-refractivity contribution in [2.24, 2.45) is 5.92 Å². The van der Waals surface area contributed by atoms with Crippen molar-refractivity contribution in [3.8, 4) is 0 Å². The van der Waals surface area contributed by atoms with Crippen LogP contribution in [-0.4, -0.2) is 18.5 Å². The van der Waals surface area contributed by atoms with Crippen LogP contribution in [0.4, 0.5) is 0 Å². The fraction of sp³-hybridized carbons (Fsp3) is 0.471. The summed E-state index contributed by atoms with van der Waals surface area (Å²) in [6.07, 6.45) is 4.83. The van der Waals surface area contributed by atoms with Gasteiger partial charge in [0.1, 0.15) is 12.2 Å². The number of ether oxygens (including phenoxy) is 1. The largest absolute Gasteiger partial charge is 0.453 e. The van der Waals surface area contributed by atoms with E-state index in [9.17, 15) is 4.79 Å². The van der Waals surface area contributed by atoms with Crippen LogP contribution in [0.3, 0.4) is 0 Å². The number of ketones is 1. The number of hydrogen-bond acceptors (Lipinski definition) is 3. The van der Waals surface area contributed by atoms with Gasteiger partial charge < -0.3 is 9.15 Å². The van der Waals surface area contributed by atoms with Crippen molar-refractivity contribution in [2.45, 2.75) is 38.7 Å². The molecule has 1 aliphatic rings. The zero-order valence-corrected chi connectivity index (χ0v) is 11.8. The topological polar surface area (TPSA) is 39.4 Å². The van der Waals surface area contributed by atoms with Crippen LogP contribution in [0.25, 0.3) is 11.0 Å². The third kappa shape index (κ3) is 2.93. The zero-order chi connectivity index (χ0) is 13.9. The first kappa shape index (κ1) is 13.4. The SMILES string of the molecule is CC1CCCC(OCC(=O)c2cc3ccccc3o2)C1. The van der Waals surface area contributed by atoms with E-state index in [1.807, 2.05) is 24.3 Å². The molecule has 0 spiro atoms. The zero-order valence-electron chi connectivity index (χ0n) is 11.8. The molecule has 1 fully saturated rings. The van der Waals surface area contributed by atoms with Crippen molar-refractivity contribution in [2.75, 3.05) is 6.61 Å². The molecule has 2 atom stereocenters. The maximum atomic E-state index is 12.1. The number of Topliss-reactive ketones (excluding diaryl/α,β-unsaturated/α-hetero) is 1. The third-order valence-electron chi connectivity index (χ3n) is 4.04. The number of hydrogen-bond donors (Lipinski definition) is 0. The van der Waals surface area contributed by atoms with Crippen LogP contribution in [0, 0.1) is 5.92 Å². The van der Waals surface area contributed by atoms with Crippen molar-refractivity contribution >= 4 is 16.8 Å². The normalized spacial score (nSPS) is 23.1. The Hall–Kier alpha value is -1.61. The second kappa shape index (κ2) is 5.80. The molecule has 3 rings (SSSR count). The molecule has 1 heterocycles. The Morgan fingerprint density at radius 1 is 1.35 bits per heavy atom. The molecule has 20 heavy (non-hydrogen) atoms. The average Bonchev–Trinajstić information content (AvgIpc) is 2.89. The van der Waals surface area contributed by atoms with E-state index >= 15 is 0 Å². The predicted molar refractivity (Wildman–Crippen MR) is 77.9 cm³/mol. The molecule has 3 heteroatoms. The Labute approximate surface area is 118 Å². The maximum absolute atomic E-state index is 12.1. The average molecular weight is 272 g/mol. The van der Waals surface area contributed by atoms with Crippen molar-refractivity contribution in [3.05, 3.63) is 36.1 Å². The molecule has 3 nitrogen and oxygen atoms in total. The summed E-state index contributed by atoms with van der Waals surface area (Å²) in [6.45, 7) is 2.37. The van der Waals surface area contributed by atoms with Gasteiger partial charge in [0.15, 0.2) is 5.76 Å². The summed E-state index contributed by atoms with van der Waals surface area (Å²) < 4.78 is 11.3. The molecule has 0 N–H and O–H groups in total. The lowest BCUT2D eigenvalue weighted by atomic mass is 9.89. The van der Waals surface area contributed by atoms with Crippen LogP contribution in [0.1, 0.15) is 43.2 Å². The second-order valence-corrected chi connectivity index (χ2v) is 5.78. The Bertz CT molecular complexity index is 566. The molecule has 0 bridgehead atoms. The number of para-hydroxylation sites is 1. The van der Waals surface area contributed by atoms with Crippen LogP contribution in [0.15, 0.2) is 34.7 Å². The monoisotopic (exact) mass is 272 g/mol. The summed E-state index contributed by atoms with van der Waals surface area (Å²) in [6, 6.07) is 9.45. The molecule has 0 amide bonds. The van der Waals surface area contributed by atoms with Gasteiger partial charge in [-0.15, -0.1) is 0 Å². The highest BCUT2D eigenvalue weighted by Crippen LogP contribution is 2.26. The van der Waals surface area contributed by atoms with Crippen molar-refractivity contribution in [1.29, 1.82) is 0 Å². The first-order valence-corrected chi connectivity index (χ1v) is 7.36. The standard InChI is InChI=1S/C17H20O3/c1-12-5-4-7-14(9-12)19-11-15(18)17-10-13-6-2-3-8-16(13)20-17/h2-3,6,8,10,12,14H,4-5,7,9,11H2,1H3. The van der Waals surface area contributed by atoms with Crippen LogP contribution < -0.4 is 0 Å². The lowest BCUT2D eigenvalue weighted by Crippen LogP contribution is -2.24. The molecular formula is C17H20O3. The smallest absolute Gasteiger partial charge is 0.223 e. The van der Waals surface area contributed by atoms with Gasteiger partial charge in [0.05, 0.1) is 6.10 Å². The van der Waals surface area contributed by atoms with Gasteiger partial charge in [0.2, 0.25) is 5.78 Å². The van der Waals surface area contributed by atoms with Gasteiger partial charge in [-0.25, -0.2) is 0 Å². The van der Waals surface area contributed by atoms with Crippen molar-refractivity contribution < 1.29 is 13.9 Å². The summed E-state index contributed by atoms with van der Waals surface area (Å²) >= 11 is 0. The van der Waals surface area contributed by atoms with Gasteiger partial charge in [-0.1, -0.05) is 38.0 Å². The quantitative estimate of drug-likeness (QED) is 0.783. The van der Waals surface area contributed by atoms with E-state index in [-0.39, 0.29) is 18.5 Å². The molecule has 0 saturated heterocycles. The summed E-state index contributed by atoms with van der Waals surface area (Å²) in [4.78, 5) is 12.1. The van der Waals surface area contributed by atoms with Crippen LogP contribution >= 0.6 is 0 Å². The Morgan fingerprint density at radius 2 is 2.20 bits per heavy atom. The van der Waals surface area contributed by atoms with Gasteiger partial charge in [0.25, 0.3) is 0 Å². The highest BCUT2D eigenvalue weighted by Gasteiger charge is 2.21. The number of carbonyl (C=O) groups is 1. The number of rotatable bonds is 4. The first-order chi connectivity index (χ1) is 9.72. The highest BCUT2D eigenvalue weighted by molar-refractivity contribution is 5.98. The number of furan rings is 1. The van der Waals surface area contributed by atoms with E-state index in [1.54, 1.807) is 6.07 Å². The fourth-order valence-corrected chi connectivity index (χ4v) is 2.91. The molecule has 1 aliphatic carbocycles. The van der Waals surface area contributed by atoms with Crippen LogP contribution in [0.5, 0.6) is 0 Å². The van der Waals surface area contributed by atoms with Gasteiger partial charge >= 0.3 is 0 Å². The van der Waals surface area contributed by atoms with Crippen LogP contribution in [0.2, 0.25) is 0 Å². The van der Waals surface area contributed by atoms with Gasteiger partial charge in [-0.2, -0.15) is 0 Å². The maximum Gasteiger partial charge on any atom is 0.223 e. The van der Waals surface area contributed by atoms with Crippen molar-refractivity contribution in [1.82, 2.24) is 0 Å². The second-order valence-electron chi connectivity index (χ2n) is 5.78. The molecule has 106 valence electrons. The minimum atomic E-state index is -0.0700. The molecule has 0 aliphatic heterocycles. The number of carbonyl (C=O) groups excluding carboxylic acids is 1. The molecule has 1 aromatic carbocycles. The highest BCUT2D eigenvalue weighted by atomic mass is 16.5. The first-order valence-electron chi connectivity index (χ1n) is 7.36. The lowest BCUT2D eigenvalue weighted by Gasteiger charge is -2.26. The van der Waals surface area contributed by atoms with E-state index in [0.717, 1.165) is 23.8 Å². The van der Waals surface area contributed by atoms with E-state index in [2.05, 4.69) is 6.92 Å². The van der Waals surface area contributed by atoms with E-state index < -0.39 is 0 Å². The number of fused-ring (bicyclic) bond motifs is 1. The van der Waals surface area contributed by atoms with Gasteiger partial charge in [-0.3, -0.25) is 4.79 Å². The Balaban J connectivity index is 1.61. The Morgan fingerprint density at radius 3 is 3.00 bits per heavy atom. The molecule has 0 radical (unpaired) electrons. The van der Waals surface area contributed by atoms with Gasteiger partial charge in [0, 0.05) is 5.39 Å². The van der Waals surface area contributed by atoms with Crippen LogP contribution in [-0.2, 0) is 4.74 Å². The molecule has 2 aromatic rings. The predicted octanol–water partition coefficient (Wildman–Crippen LogP) is 4.21. The lowest BCUT2D eigenvalue weighted by molar-refractivity contribution is 0.0172. The number of benzene rings is 1. The minimum absolute atomic E-state index is 0.0700. The molecular weight excluding hydrogens is 252 g/mol.